The second-order valence-electron chi connectivity index (χ2n) is 6.37. The first-order valence-corrected chi connectivity index (χ1v) is 11.1. The second-order valence-corrected chi connectivity index (χ2v) is 9.49. The number of benzene rings is 3. The van der Waals surface area contributed by atoms with E-state index in [-0.39, 0.29) is 5.69 Å². The summed E-state index contributed by atoms with van der Waals surface area (Å²) in [6, 6.07) is 13.0. The van der Waals surface area contributed by atoms with E-state index < -0.39 is 26.6 Å². The number of sulfonamides is 1. The SMILES string of the molecule is Cc1ccc2nc(-c3ccc(NS(=O)(=O)c4ccc(F)c(F)c4)cc3Cl)sc2c1. The van der Waals surface area contributed by atoms with Crippen LogP contribution in [0.25, 0.3) is 20.8 Å². The number of fused-ring (bicyclic) bond motifs is 1. The summed E-state index contributed by atoms with van der Waals surface area (Å²) in [4.78, 5) is 4.18. The summed E-state index contributed by atoms with van der Waals surface area (Å²) in [6.07, 6.45) is 0. The van der Waals surface area contributed by atoms with Crippen LogP contribution in [0.1, 0.15) is 5.56 Å². The van der Waals surface area contributed by atoms with Gasteiger partial charge in [-0.1, -0.05) is 17.7 Å². The van der Waals surface area contributed by atoms with E-state index in [0.29, 0.717) is 21.7 Å². The molecule has 0 saturated carbocycles. The Hall–Kier alpha value is -2.55. The van der Waals surface area contributed by atoms with Gasteiger partial charge in [-0.05, 0) is 61.0 Å². The Balaban J connectivity index is 1.65. The average Bonchev–Trinajstić information content (AvgIpc) is 3.06. The van der Waals surface area contributed by atoms with Crippen LogP contribution < -0.4 is 4.72 Å². The molecule has 4 aromatic rings. The van der Waals surface area contributed by atoms with E-state index in [1.807, 2.05) is 25.1 Å². The first-order valence-electron chi connectivity index (χ1n) is 8.38. The number of thiazole rings is 1. The zero-order valence-corrected chi connectivity index (χ0v) is 17.3. The van der Waals surface area contributed by atoms with Gasteiger partial charge in [-0.2, -0.15) is 0 Å². The molecule has 0 aliphatic rings. The van der Waals surface area contributed by atoms with Crippen LogP contribution in [-0.2, 0) is 10.0 Å². The summed E-state index contributed by atoms with van der Waals surface area (Å²) in [6.45, 7) is 2.00. The molecule has 3 aromatic carbocycles. The molecule has 0 radical (unpaired) electrons. The van der Waals surface area contributed by atoms with Gasteiger partial charge < -0.3 is 0 Å². The molecule has 0 atom stereocenters. The molecule has 148 valence electrons. The van der Waals surface area contributed by atoms with Crippen LogP contribution in [-0.4, -0.2) is 13.4 Å². The van der Waals surface area contributed by atoms with E-state index in [2.05, 4.69) is 9.71 Å². The van der Waals surface area contributed by atoms with Crippen molar-refractivity contribution in [3.8, 4) is 10.6 Å². The van der Waals surface area contributed by atoms with Crippen molar-refractivity contribution < 1.29 is 17.2 Å². The molecule has 0 aliphatic carbocycles. The highest BCUT2D eigenvalue weighted by molar-refractivity contribution is 7.92. The van der Waals surface area contributed by atoms with Crippen molar-refractivity contribution in [1.82, 2.24) is 4.98 Å². The molecule has 0 aliphatic heterocycles. The van der Waals surface area contributed by atoms with E-state index in [0.717, 1.165) is 27.9 Å². The minimum atomic E-state index is -4.10. The molecule has 0 unspecified atom stereocenters. The van der Waals surface area contributed by atoms with Crippen LogP contribution in [0.5, 0.6) is 0 Å². The lowest BCUT2D eigenvalue weighted by atomic mass is 10.2. The highest BCUT2D eigenvalue weighted by atomic mass is 35.5. The molecular formula is C20H13ClF2N2O2S2. The van der Waals surface area contributed by atoms with Crippen LogP contribution in [0.2, 0.25) is 5.02 Å². The van der Waals surface area contributed by atoms with Gasteiger partial charge in [0.05, 0.1) is 25.8 Å². The third kappa shape index (κ3) is 3.96. The van der Waals surface area contributed by atoms with Gasteiger partial charge in [0, 0.05) is 5.56 Å². The number of nitrogens with one attached hydrogen (secondary N) is 1. The highest BCUT2D eigenvalue weighted by Crippen LogP contribution is 2.36. The summed E-state index contributed by atoms with van der Waals surface area (Å²) >= 11 is 7.85. The minimum absolute atomic E-state index is 0.195. The maximum atomic E-state index is 13.4. The van der Waals surface area contributed by atoms with Crippen LogP contribution in [0.3, 0.4) is 0 Å². The van der Waals surface area contributed by atoms with Crippen molar-refractivity contribution in [2.75, 3.05) is 4.72 Å². The molecule has 0 saturated heterocycles. The van der Waals surface area contributed by atoms with Crippen molar-refractivity contribution in [3.63, 3.8) is 0 Å². The fourth-order valence-corrected chi connectivity index (χ4v) is 5.25. The molecule has 1 aromatic heterocycles. The van der Waals surface area contributed by atoms with Crippen LogP contribution in [0.15, 0.2) is 59.5 Å². The quantitative estimate of drug-likeness (QED) is 0.414. The summed E-state index contributed by atoms with van der Waals surface area (Å²) in [5.74, 6) is -2.37. The number of halogens is 3. The molecule has 1 N–H and O–H groups in total. The second kappa shape index (κ2) is 7.37. The van der Waals surface area contributed by atoms with E-state index in [1.54, 1.807) is 6.07 Å². The van der Waals surface area contributed by atoms with Crippen LogP contribution in [0, 0.1) is 18.6 Å². The van der Waals surface area contributed by atoms with E-state index in [4.69, 9.17) is 11.6 Å². The van der Waals surface area contributed by atoms with Gasteiger partial charge in [0.25, 0.3) is 10.0 Å². The van der Waals surface area contributed by atoms with Gasteiger partial charge in [0.1, 0.15) is 5.01 Å². The molecule has 29 heavy (non-hydrogen) atoms. The van der Waals surface area contributed by atoms with E-state index >= 15 is 0 Å². The zero-order valence-electron chi connectivity index (χ0n) is 14.9. The monoisotopic (exact) mass is 450 g/mol. The highest BCUT2D eigenvalue weighted by Gasteiger charge is 2.18. The van der Waals surface area contributed by atoms with Crippen LogP contribution in [0.4, 0.5) is 14.5 Å². The lowest BCUT2D eigenvalue weighted by Gasteiger charge is -2.10. The summed E-state index contributed by atoms with van der Waals surface area (Å²) in [5.41, 5.74) is 2.84. The molecule has 1 heterocycles. The molecule has 0 spiro atoms. The maximum absolute atomic E-state index is 13.4. The van der Waals surface area contributed by atoms with Gasteiger partial charge >= 0.3 is 0 Å². The van der Waals surface area contributed by atoms with Gasteiger partial charge in [0.15, 0.2) is 11.6 Å². The Morgan fingerprint density at radius 2 is 1.79 bits per heavy atom. The number of aryl methyl sites for hydroxylation is 1. The first kappa shape index (κ1) is 19.8. The number of anilines is 1. The number of nitrogens with zero attached hydrogens (tertiary/aromatic N) is 1. The standard InChI is InChI=1S/C20H13ClF2N2O2S2/c1-11-2-7-18-19(8-11)28-20(24-18)14-5-3-12(9-15(14)21)25-29(26,27)13-4-6-16(22)17(23)10-13/h2-10,25H,1H3. The van der Waals surface area contributed by atoms with Crippen molar-refractivity contribution >= 4 is 48.9 Å². The fourth-order valence-electron chi connectivity index (χ4n) is 2.76. The molecule has 4 rings (SSSR count). The number of hydrogen-bond acceptors (Lipinski definition) is 4. The lowest BCUT2D eigenvalue weighted by molar-refractivity contribution is 0.504. The third-order valence-corrected chi connectivity index (χ3v) is 6.94. The molecule has 0 bridgehead atoms. The largest absolute Gasteiger partial charge is 0.280 e. The summed E-state index contributed by atoms with van der Waals surface area (Å²) < 4.78 is 54.6. The van der Waals surface area contributed by atoms with Gasteiger partial charge in [-0.15, -0.1) is 11.3 Å². The molecule has 4 nitrogen and oxygen atoms in total. The number of rotatable bonds is 4. The minimum Gasteiger partial charge on any atom is -0.280 e. The topological polar surface area (TPSA) is 59.1 Å². The van der Waals surface area contributed by atoms with Crippen LogP contribution >= 0.6 is 22.9 Å². The molecule has 0 fully saturated rings. The molecule has 0 amide bonds. The van der Waals surface area contributed by atoms with Gasteiger partial charge in [-0.3, -0.25) is 4.72 Å². The number of hydrogen-bond donors (Lipinski definition) is 1. The Bertz CT molecular complexity index is 1350. The fraction of sp³-hybridized carbons (Fsp3) is 0.0500. The normalized spacial score (nSPS) is 11.7. The summed E-state index contributed by atoms with van der Waals surface area (Å²) in [7, 11) is -4.10. The average molecular weight is 451 g/mol. The maximum Gasteiger partial charge on any atom is 0.261 e. The Morgan fingerprint density at radius 3 is 2.52 bits per heavy atom. The van der Waals surface area contributed by atoms with E-state index in [9.17, 15) is 17.2 Å². The molecular weight excluding hydrogens is 438 g/mol. The van der Waals surface area contributed by atoms with Crippen molar-refractivity contribution in [2.45, 2.75) is 11.8 Å². The Labute approximate surface area is 174 Å². The predicted molar refractivity (Wildman–Crippen MR) is 112 cm³/mol. The van der Waals surface area contributed by atoms with Crippen molar-refractivity contribution in [3.05, 3.63) is 76.8 Å². The molecule has 9 heteroatoms. The predicted octanol–water partition coefficient (Wildman–Crippen LogP) is 6.00. The smallest absolute Gasteiger partial charge is 0.261 e. The Kier molecular flexibility index (Phi) is 5.02. The lowest BCUT2D eigenvalue weighted by Crippen LogP contribution is -2.13. The summed E-state index contributed by atoms with van der Waals surface area (Å²) in [5, 5.41) is 1.02. The third-order valence-electron chi connectivity index (χ3n) is 4.20. The number of aromatic nitrogens is 1. The first-order chi connectivity index (χ1) is 13.7. The van der Waals surface area contributed by atoms with Crippen molar-refractivity contribution in [1.29, 1.82) is 0 Å². The van der Waals surface area contributed by atoms with E-state index in [1.165, 1.54) is 23.5 Å². The van der Waals surface area contributed by atoms with Gasteiger partial charge in [0.2, 0.25) is 0 Å². The van der Waals surface area contributed by atoms with Crippen molar-refractivity contribution in [2.24, 2.45) is 0 Å². The van der Waals surface area contributed by atoms with Gasteiger partial charge in [-0.25, -0.2) is 22.2 Å². The Morgan fingerprint density at radius 1 is 1.00 bits per heavy atom. The zero-order chi connectivity index (χ0) is 20.8.